The molecule has 9 heteroatoms. The number of nitrogens with one attached hydrogen (secondary N) is 2. The number of piperidine rings is 1. The van der Waals surface area contributed by atoms with Crippen LogP contribution in [0.5, 0.6) is 0 Å². The summed E-state index contributed by atoms with van der Waals surface area (Å²) in [7, 11) is 0. The van der Waals surface area contributed by atoms with Crippen molar-refractivity contribution in [2.75, 3.05) is 18.0 Å². The predicted molar refractivity (Wildman–Crippen MR) is 118 cm³/mol. The van der Waals surface area contributed by atoms with E-state index in [1.54, 1.807) is 13.0 Å². The molecule has 4 rings (SSSR count). The maximum Gasteiger partial charge on any atom is 0.148 e. The molecule has 0 amide bonds. The minimum absolute atomic E-state index is 0.0801. The number of fused-ring (bicyclic) bond motifs is 1. The fourth-order valence-electron chi connectivity index (χ4n) is 3.72. The van der Waals surface area contributed by atoms with Crippen LogP contribution in [0, 0.1) is 10.8 Å². The Kier molecular flexibility index (Phi) is 5.77. The quantitative estimate of drug-likeness (QED) is 0.222. The topological polar surface area (TPSA) is 134 Å². The number of aliphatic hydroxyl groups is 1. The van der Waals surface area contributed by atoms with Crippen LogP contribution < -0.4 is 10.4 Å². The highest BCUT2D eigenvalue weighted by molar-refractivity contribution is 5.96. The number of oxime groups is 1. The standard InChI is InChI=1S/C22H25N7O2/c1-14(27-31)19-4-5-21(23)29(26-19)22(24)11-15-2-3-20-16(10-15)12-17(13-25-20)28-8-6-18(30)7-9-28/h2-5,10,12-13,18,23-24,30-31H,6-9,11H2,1H3/b23-21?,24-22?,27-14+. The lowest BCUT2D eigenvalue weighted by atomic mass is 10.1. The van der Waals surface area contributed by atoms with Gasteiger partial charge in [0.1, 0.15) is 22.7 Å². The highest BCUT2D eigenvalue weighted by Crippen LogP contribution is 2.24. The van der Waals surface area contributed by atoms with Crippen LogP contribution >= 0.6 is 0 Å². The average molecular weight is 419 g/mol. The molecule has 31 heavy (non-hydrogen) atoms. The van der Waals surface area contributed by atoms with Gasteiger partial charge in [-0.1, -0.05) is 11.2 Å². The van der Waals surface area contributed by atoms with Gasteiger partial charge in [0, 0.05) is 24.9 Å². The largest absolute Gasteiger partial charge is 0.411 e. The van der Waals surface area contributed by atoms with Crippen LogP contribution in [0.15, 0.2) is 47.8 Å². The van der Waals surface area contributed by atoms with Gasteiger partial charge < -0.3 is 15.2 Å². The van der Waals surface area contributed by atoms with Crippen LogP contribution in [-0.2, 0) is 6.42 Å². The number of aliphatic hydroxyl groups excluding tert-OH is 1. The Labute approximate surface area is 179 Å². The van der Waals surface area contributed by atoms with E-state index in [1.165, 1.54) is 10.7 Å². The van der Waals surface area contributed by atoms with E-state index < -0.39 is 0 Å². The van der Waals surface area contributed by atoms with Crippen LogP contribution in [0.2, 0.25) is 0 Å². The third-order valence-electron chi connectivity index (χ3n) is 5.54. The lowest BCUT2D eigenvalue weighted by Gasteiger charge is -2.31. The smallest absolute Gasteiger partial charge is 0.148 e. The number of nitrogens with zero attached hydrogens (tertiary/aromatic N) is 5. The fraction of sp³-hybridized carbons (Fsp3) is 0.318. The maximum absolute atomic E-state index is 9.74. The molecular weight excluding hydrogens is 394 g/mol. The molecule has 4 N–H and O–H groups in total. The lowest BCUT2D eigenvalue weighted by Crippen LogP contribution is -2.35. The number of anilines is 1. The summed E-state index contributed by atoms with van der Waals surface area (Å²) in [6.45, 7) is 3.22. The number of pyridine rings is 1. The SMILES string of the molecule is C/C(=N\O)c1ccc(=N)n(C(=N)Cc2ccc3ncc(N4CCC(O)CC4)cc3c2)n1. The van der Waals surface area contributed by atoms with Gasteiger partial charge in [-0.25, -0.2) is 4.68 Å². The van der Waals surface area contributed by atoms with Gasteiger partial charge in [0.25, 0.3) is 0 Å². The van der Waals surface area contributed by atoms with Gasteiger partial charge in [0.15, 0.2) is 0 Å². The Hall–Kier alpha value is -3.59. The zero-order valence-electron chi connectivity index (χ0n) is 17.3. The van der Waals surface area contributed by atoms with E-state index in [9.17, 15) is 5.11 Å². The van der Waals surface area contributed by atoms with Crippen molar-refractivity contribution in [1.82, 2.24) is 14.8 Å². The maximum atomic E-state index is 9.74. The molecule has 0 aliphatic carbocycles. The van der Waals surface area contributed by atoms with Gasteiger partial charge in [-0.15, -0.1) is 0 Å². The lowest BCUT2D eigenvalue weighted by molar-refractivity contribution is 0.145. The molecule has 2 aromatic heterocycles. The van der Waals surface area contributed by atoms with Gasteiger partial charge in [-0.2, -0.15) is 5.10 Å². The minimum atomic E-state index is -0.221. The molecule has 3 aromatic rings. The molecule has 0 saturated carbocycles. The van der Waals surface area contributed by atoms with Gasteiger partial charge in [0.2, 0.25) is 0 Å². The first-order chi connectivity index (χ1) is 14.9. The van der Waals surface area contributed by atoms with E-state index >= 15 is 0 Å². The molecule has 0 unspecified atom stereocenters. The zero-order valence-corrected chi connectivity index (χ0v) is 17.3. The molecule has 0 spiro atoms. The normalized spacial score (nSPS) is 15.4. The van der Waals surface area contributed by atoms with Crippen molar-refractivity contribution in [3.05, 3.63) is 59.3 Å². The number of benzene rings is 1. The molecule has 0 atom stereocenters. The summed E-state index contributed by atoms with van der Waals surface area (Å²) in [5.41, 5.74) is 3.62. The molecular formula is C22H25N7O2. The number of hydrogen-bond donors (Lipinski definition) is 4. The van der Waals surface area contributed by atoms with Crippen LogP contribution in [-0.4, -0.2) is 55.8 Å². The molecule has 1 fully saturated rings. The molecule has 1 aliphatic rings. The second-order valence-electron chi connectivity index (χ2n) is 7.76. The average Bonchev–Trinajstić information content (AvgIpc) is 2.78. The third-order valence-corrected chi connectivity index (χ3v) is 5.54. The molecule has 1 aliphatic heterocycles. The highest BCUT2D eigenvalue weighted by atomic mass is 16.4. The molecule has 160 valence electrons. The van der Waals surface area contributed by atoms with E-state index in [-0.39, 0.29) is 17.4 Å². The number of aromatic nitrogens is 3. The van der Waals surface area contributed by atoms with E-state index in [0.717, 1.165) is 48.1 Å². The van der Waals surface area contributed by atoms with E-state index in [0.29, 0.717) is 17.8 Å². The van der Waals surface area contributed by atoms with E-state index in [1.807, 2.05) is 24.4 Å². The summed E-state index contributed by atoms with van der Waals surface area (Å²) >= 11 is 0. The summed E-state index contributed by atoms with van der Waals surface area (Å²) in [6, 6.07) is 11.1. The number of rotatable bonds is 4. The molecule has 3 heterocycles. The summed E-state index contributed by atoms with van der Waals surface area (Å²) in [6.07, 6.45) is 3.45. The van der Waals surface area contributed by atoms with Crippen molar-refractivity contribution in [2.24, 2.45) is 5.16 Å². The zero-order chi connectivity index (χ0) is 22.0. The second kappa shape index (κ2) is 8.65. The fourth-order valence-corrected chi connectivity index (χ4v) is 3.72. The van der Waals surface area contributed by atoms with Crippen molar-refractivity contribution in [1.29, 1.82) is 10.8 Å². The second-order valence-corrected chi connectivity index (χ2v) is 7.76. The van der Waals surface area contributed by atoms with Gasteiger partial charge in [-0.05, 0) is 55.7 Å². The Balaban J connectivity index is 1.58. The summed E-state index contributed by atoms with van der Waals surface area (Å²) in [5.74, 6) is 0.145. The van der Waals surface area contributed by atoms with Crippen molar-refractivity contribution in [3.8, 4) is 0 Å². The highest BCUT2D eigenvalue weighted by Gasteiger charge is 2.18. The molecule has 9 nitrogen and oxygen atoms in total. The Morgan fingerprint density at radius 1 is 1.19 bits per heavy atom. The monoisotopic (exact) mass is 419 g/mol. The van der Waals surface area contributed by atoms with Crippen LogP contribution in [0.4, 0.5) is 5.69 Å². The van der Waals surface area contributed by atoms with E-state index in [4.69, 9.17) is 16.0 Å². The van der Waals surface area contributed by atoms with Crippen molar-refractivity contribution >= 4 is 28.1 Å². The third kappa shape index (κ3) is 4.46. The molecule has 1 saturated heterocycles. The Bertz CT molecular complexity index is 1210. The molecule has 0 bridgehead atoms. The van der Waals surface area contributed by atoms with Gasteiger partial charge >= 0.3 is 0 Å². The summed E-state index contributed by atoms with van der Waals surface area (Å²) in [5, 5.41) is 43.6. The van der Waals surface area contributed by atoms with Gasteiger partial charge in [-0.3, -0.25) is 15.8 Å². The van der Waals surface area contributed by atoms with Crippen LogP contribution in [0.3, 0.4) is 0 Å². The number of hydrogen-bond acceptors (Lipinski definition) is 8. The van der Waals surface area contributed by atoms with Crippen molar-refractivity contribution in [2.45, 2.75) is 32.3 Å². The Morgan fingerprint density at radius 2 is 1.97 bits per heavy atom. The minimum Gasteiger partial charge on any atom is -0.411 e. The predicted octanol–water partition coefficient (Wildman–Crippen LogP) is 2.14. The van der Waals surface area contributed by atoms with Crippen LogP contribution in [0.25, 0.3) is 10.9 Å². The first-order valence-corrected chi connectivity index (χ1v) is 10.2. The summed E-state index contributed by atoms with van der Waals surface area (Å²) in [4.78, 5) is 6.80. The first-order valence-electron chi connectivity index (χ1n) is 10.2. The van der Waals surface area contributed by atoms with E-state index in [2.05, 4.69) is 26.2 Å². The molecule has 1 aromatic carbocycles. The Morgan fingerprint density at radius 3 is 2.71 bits per heavy atom. The summed E-state index contributed by atoms with van der Waals surface area (Å²) < 4.78 is 1.24. The van der Waals surface area contributed by atoms with Crippen LogP contribution in [0.1, 0.15) is 31.0 Å². The molecule has 0 radical (unpaired) electrons. The van der Waals surface area contributed by atoms with Crippen molar-refractivity contribution < 1.29 is 10.3 Å². The van der Waals surface area contributed by atoms with Gasteiger partial charge in [0.05, 0.1) is 23.5 Å². The first kappa shape index (κ1) is 20.7. The van der Waals surface area contributed by atoms with Crippen molar-refractivity contribution in [3.63, 3.8) is 0 Å².